The normalized spacial score (nSPS) is 11.1. The van der Waals surface area contributed by atoms with E-state index in [-0.39, 0.29) is 6.42 Å². The zero-order valence-electron chi connectivity index (χ0n) is 9.71. The lowest BCUT2D eigenvalue weighted by Gasteiger charge is -2.04. The van der Waals surface area contributed by atoms with Crippen LogP contribution in [0.15, 0.2) is 42.7 Å². The lowest BCUT2D eigenvalue weighted by Crippen LogP contribution is -2.04. The van der Waals surface area contributed by atoms with Crippen molar-refractivity contribution in [3.63, 3.8) is 0 Å². The van der Waals surface area contributed by atoms with E-state index in [9.17, 15) is 4.79 Å². The molecule has 2 heterocycles. The standard InChI is InChI=1S/C14H12N2O2/c17-14(18)6-8-16-12-4-2-1-3-10(12)11-9-15-7-5-13(11)16/h1-5,7,9H,6,8H2,(H,17,18). The van der Waals surface area contributed by atoms with E-state index in [2.05, 4.69) is 4.98 Å². The molecule has 0 saturated heterocycles. The summed E-state index contributed by atoms with van der Waals surface area (Å²) in [5.74, 6) is -0.782. The van der Waals surface area contributed by atoms with Gasteiger partial charge < -0.3 is 9.67 Å². The Morgan fingerprint density at radius 1 is 1.17 bits per heavy atom. The van der Waals surface area contributed by atoms with Gasteiger partial charge in [0.25, 0.3) is 0 Å². The van der Waals surface area contributed by atoms with E-state index in [4.69, 9.17) is 5.11 Å². The van der Waals surface area contributed by atoms with Crippen LogP contribution in [0.4, 0.5) is 0 Å². The number of pyridine rings is 1. The molecule has 0 aliphatic carbocycles. The molecule has 0 bridgehead atoms. The van der Waals surface area contributed by atoms with Gasteiger partial charge in [-0.15, -0.1) is 0 Å². The van der Waals surface area contributed by atoms with Crippen molar-refractivity contribution in [1.29, 1.82) is 0 Å². The van der Waals surface area contributed by atoms with Crippen LogP contribution in [0, 0.1) is 0 Å². The Kier molecular flexibility index (Phi) is 2.48. The number of carboxylic acids is 1. The smallest absolute Gasteiger partial charge is 0.305 e. The monoisotopic (exact) mass is 240 g/mol. The van der Waals surface area contributed by atoms with Gasteiger partial charge in [0.1, 0.15) is 0 Å². The van der Waals surface area contributed by atoms with Crippen molar-refractivity contribution in [3.8, 4) is 0 Å². The maximum atomic E-state index is 10.7. The number of rotatable bonds is 3. The average molecular weight is 240 g/mol. The number of aryl methyl sites for hydroxylation is 1. The van der Waals surface area contributed by atoms with Crippen LogP contribution < -0.4 is 0 Å². The summed E-state index contributed by atoms with van der Waals surface area (Å²) in [6, 6.07) is 9.92. The Labute approximate surface area is 103 Å². The highest BCUT2D eigenvalue weighted by atomic mass is 16.4. The maximum Gasteiger partial charge on any atom is 0.305 e. The van der Waals surface area contributed by atoms with Gasteiger partial charge in [0.15, 0.2) is 0 Å². The molecule has 3 aromatic rings. The fourth-order valence-electron chi connectivity index (χ4n) is 2.34. The molecule has 0 spiro atoms. The van der Waals surface area contributed by atoms with E-state index in [1.54, 1.807) is 6.20 Å². The van der Waals surface area contributed by atoms with Crippen molar-refractivity contribution in [2.24, 2.45) is 0 Å². The molecule has 4 nitrogen and oxygen atoms in total. The molecule has 0 radical (unpaired) electrons. The Balaban J connectivity index is 2.27. The molecule has 0 aliphatic rings. The van der Waals surface area contributed by atoms with Crippen LogP contribution in [0.1, 0.15) is 6.42 Å². The van der Waals surface area contributed by atoms with E-state index in [0.717, 1.165) is 21.8 Å². The highest BCUT2D eigenvalue weighted by Gasteiger charge is 2.10. The number of hydrogen-bond acceptors (Lipinski definition) is 2. The zero-order chi connectivity index (χ0) is 12.5. The Morgan fingerprint density at radius 2 is 1.94 bits per heavy atom. The number of nitrogens with zero attached hydrogens (tertiary/aromatic N) is 2. The second-order valence-corrected chi connectivity index (χ2v) is 4.21. The van der Waals surface area contributed by atoms with E-state index >= 15 is 0 Å². The highest BCUT2D eigenvalue weighted by molar-refractivity contribution is 6.07. The van der Waals surface area contributed by atoms with E-state index in [1.165, 1.54) is 0 Å². The van der Waals surface area contributed by atoms with Gasteiger partial charge in [-0.25, -0.2) is 0 Å². The highest BCUT2D eigenvalue weighted by Crippen LogP contribution is 2.28. The summed E-state index contributed by atoms with van der Waals surface area (Å²) in [5, 5.41) is 11.0. The molecule has 90 valence electrons. The molecule has 1 aromatic carbocycles. The molecule has 0 saturated carbocycles. The molecule has 4 heteroatoms. The molecular formula is C14H12N2O2. The summed E-state index contributed by atoms with van der Waals surface area (Å²) < 4.78 is 2.04. The van der Waals surface area contributed by atoms with Crippen molar-refractivity contribution in [2.75, 3.05) is 0 Å². The lowest BCUT2D eigenvalue weighted by molar-refractivity contribution is -0.137. The minimum Gasteiger partial charge on any atom is -0.481 e. The Bertz CT molecular complexity index is 678. The summed E-state index contributed by atoms with van der Waals surface area (Å²) in [6.45, 7) is 0.476. The fraction of sp³-hybridized carbons (Fsp3) is 0.143. The molecule has 0 aliphatic heterocycles. The van der Waals surface area contributed by atoms with Crippen LogP contribution in [0.2, 0.25) is 0 Å². The predicted molar refractivity (Wildman–Crippen MR) is 69.5 cm³/mol. The first-order valence-electron chi connectivity index (χ1n) is 5.80. The fourth-order valence-corrected chi connectivity index (χ4v) is 2.34. The van der Waals surface area contributed by atoms with Crippen molar-refractivity contribution >= 4 is 27.8 Å². The minimum atomic E-state index is -0.782. The van der Waals surface area contributed by atoms with E-state index < -0.39 is 5.97 Å². The quantitative estimate of drug-likeness (QED) is 0.765. The summed E-state index contributed by atoms with van der Waals surface area (Å²) in [4.78, 5) is 14.9. The summed E-state index contributed by atoms with van der Waals surface area (Å²) in [5.41, 5.74) is 2.09. The largest absolute Gasteiger partial charge is 0.481 e. The molecule has 18 heavy (non-hydrogen) atoms. The second-order valence-electron chi connectivity index (χ2n) is 4.21. The number of fused-ring (bicyclic) bond motifs is 3. The number of aromatic nitrogens is 2. The summed E-state index contributed by atoms with van der Waals surface area (Å²) in [6.07, 6.45) is 3.68. The van der Waals surface area contributed by atoms with Gasteiger partial charge in [-0.1, -0.05) is 18.2 Å². The third-order valence-electron chi connectivity index (χ3n) is 3.12. The van der Waals surface area contributed by atoms with Crippen molar-refractivity contribution in [3.05, 3.63) is 42.7 Å². The van der Waals surface area contributed by atoms with Gasteiger partial charge in [0.2, 0.25) is 0 Å². The first-order chi connectivity index (χ1) is 8.77. The molecule has 0 amide bonds. The first kappa shape index (κ1) is 10.8. The van der Waals surface area contributed by atoms with Crippen molar-refractivity contribution in [1.82, 2.24) is 9.55 Å². The molecular weight excluding hydrogens is 228 g/mol. The second kappa shape index (κ2) is 4.14. The summed E-state index contributed by atoms with van der Waals surface area (Å²) >= 11 is 0. The van der Waals surface area contributed by atoms with Gasteiger partial charge in [0, 0.05) is 35.2 Å². The van der Waals surface area contributed by atoms with E-state index in [1.807, 2.05) is 41.1 Å². The van der Waals surface area contributed by atoms with E-state index in [0.29, 0.717) is 6.54 Å². The summed E-state index contributed by atoms with van der Waals surface area (Å²) in [7, 11) is 0. The molecule has 0 fully saturated rings. The molecule has 2 aromatic heterocycles. The molecule has 0 atom stereocenters. The average Bonchev–Trinajstić information content (AvgIpc) is 2.71. The maximum absolute atomic E-state index is 10.7. The van der Waals surface area contributed by atoms with Gasteiger partial charge >= 0.3 is 5.97 Å². The topological polar surface area (TPSA) is 55.1 Å². The van der Waals surface area contributed by atoms with Gasteiger partial charge in [-0.2, -0.15) is 0 Å². The van der Waals surface area contributed by atoms with Crippen LogP contribution in [0.25, 0.3) is 21.8 Å². The minimum absolute atomic E-state index is 0.121. The number of benzene rings is 1. The third kappa shape index (κ3) is 1.62. The van der Waals surface area contributed by atoms with Crippen molar-refractivity contribution < 1.29 is 9.90 Å². The van der Waals surface area contributed by atoms with Crippen LogP contribution in [-0.2, 0) is 11.3 Å². The zero-order valence-corrected chi connectivity index (χ0v) is 9.71. The molecule has 3 rings (SSSR count). The van der Waals surface area contributed by atoms with Crippen LogP contribution in [0.3, 0.4) is 0 Å². The number of carbonyl (C=O) groups is 1. The van der Waals surface area contributed by atoms with Crippen LogP contribution in [0.5, 0.6) is 0 Å². The number of para-hydroxylation sites is 1. The van der Waals surface area contributed by atoms with Crippen LogP contribution >= 0.6 is 0 Å². The number of carboxylic acid groups (broad SMARTS) is 1. The van der Waals surface area contributed by atoms with Crippen molar-refractivity contribution in [2.45, 2.75) is 13.0 Å². The Hall–Kier alpha value is -2.36. The van der Waals surface area contributed by atoms with Gasteiger partial charge in [0.05, 0.1) is 11.9 Å². The lowest BCUT2D eigenvalue weighted by atomic mass is 10.2. The molecule has 0 unspecified atom stereocenters. The SMILES string of the molecule is O=C(O)CCn1c2ccccc2c2cnccc21. The third-order valence-corrected chi connectivity index (χ3v) is 3.12. The molecule has 1 N–H and O–H groups in total. The van der Waals surface area contributed by atoms with Gasteiger partial charge in [-0.3, -0.25) is 9.78 Å². The Morgan fingerprint density at radius 3 is 2.78 bits per heavy atom. The number of hydrogen-bond donors (Lipinski definition) is 1. The van der Waals surface area contributed by atoms with Crippen LogP contribution in [-0.4, -0.2) is 20.6 Å². The number of aliphatic carboxylic acids is 1. The first-order valence-corrected chi connectivity index (χ1v) is 5.80. The van der Waals surface area contributed by atoms with Gasteiger partial charge in [-0.05, 0) is 12.1 Å². The predicted octanol–water partition coefficient (Wildman–Crippen LogP) is 2.66.